The van der Waals surface area contributed by atoms with Gasteiger partial charge in [-0.2, -0.15) is 5.10 Å². The molecule has 214 valence electrons. The summed E-state index contributed by atoms with van der Waals surface area (Å²) >= 11 is 0. The maximum atomic E-state index is 15.0. The number of fused-ring (bicyclic) bond motifs is 1. The van der Waals surface area contributed by atoms with Gasteiger partial charge < -0.3 is 24.6 Å². The number of hydrogen-bond donors (Lipinski definition) is 2. The van der Waals surface area contributed by atoms with Crippen molar-refractivity contribution in [2.75, 3.05) is 36.5 Å². The van der Waals surface area contributed by atoms with E-state index in [2.05, 4.69) is 25.5 Å². The standard InChI is InChI=1S/C28H35F2N7O3/c1-16(2)37-10-11-39-25-19(29)12-18(13-22(25)37)24-20(30)15-31-26(33-24)32-23-14-21(34-35-23)17-6-8-36(9-7-17)27(38)40-28(3,4)5/h12-17H,6-11H2,1-5H3,(H2,31,32,33,34,35). The van der Waals surface area contributed by atoms with E-state index in [0.717, 1.165) is 24.7 Å². The average molecular weight is 556 g/mol. The molecule has 2 aliphatic heterocycles. The summed E-state index contributed by atoms with van der Waals surface area (Å²) in [5, 5.41) is 10.4. The second kappa shape index (κ2) is 10.9. The number of ether oxygens (including phenoxy) is 2. The van der Waals surface area contributed by atoms with E-state index in [4.69, 9.17) is 9.47 Å². The number of hydrogen-bond acceptors (Lipinski definition) is 8. The van der Waals surface area contributed by atoms with E-state index < -0.39 is 17.2 Å². The molecule has 1 saturated heterocycles. The van der Waals surface area contributed by atoms with Crippen LogP contribution in [0.15, 0.2) is 24.4 Å². The third-order valence-electron chi connectivity index (χ3n) is 6.96. The summed E-state index contributed by atoms with van der Waals surface area (Å²) in [7, 11) is 0. The summed E-state index contributed by atoms with van der Waals surface area (Å²) in [6, 6.07) is 4.90. The molecular weight excluding hydrogens is 520 g/mol. The van der Waals surface area contributed by atoms with Crippen molar-refractivity contribution >= 4 is 23.5 Å². The SMILES string of the molecule is CC(C)N1CCOc2c(F)cc(-c3nc(Nc4cc(C5CCN(C(=O)OC(C)(C)C)CC5)n[nH]4)ncc3F)cc21. The van der Waals surface area contributed by atoms with Gasteiger partial charge in [-0.05, 0) is 59.6 Å². The molecule has 1 amide bonds. The van der Waals surface area contributed by atoms with E-state index in [1.165, 1.54) is 6.07 Å². The monoisotopic (exact) mass is 555 g/mol. The number of piperidine rings is 1. The Hall–Kier alpha value is -3.96. The zero-order valence-corrected chi connectivity index (χ0v) is 23.4. The summed E-state index contributed by atoms with van der Waals surface area (Å²) < 4.78 is 40.9. The normalized spacial score (nSPS) is 16.1. The van der Waals surface area contributed by atoms with Gasteiger partial charge in [-0.15, -0.1) is 0 Å². The van der Waals surface area contributed by atoms with Crippen LogP contribution in [0, 0.1) is 11.6 Å². The number of nitrogens with zero attached hydrogens (tertiary/aromatic N) is 5. The highest BCUT2D eigenvalue weighted by Crippen LogP contribution is 2.39. The van der Waals surface area contributed by atoms with Crippen LogP contribution in [-0.4, -0.2) is 69.0 Å². The van der Waals surface area contributed by atoms with Gasteiger partial charge in [0.15, 0.2) is 17.4 Å². The zero-order valence-electron chi connectivity index (χ0n) is 23.4. The quantitative estimate of drug-likeness (QED) is 0.418. The van der Waals surface area contributed by atoms with Crippen LogP contribution >= 0.6 is 0 Å². The van der Waals surface area contributed by atoms with Gasteiger partial charge in [0, 0.05) is 36.7 Å². The Morgan fingerprint density at radius 3 is 2.60 bits per heavy atom. The number of carbonyl (C=O) groups excluding carboxylic acids is 1. The number of anilines is 3. The second-order valence-corrected chi connectivity index (χ2v) is 11.4. The lowest BCUT2D eigenvalue weighted by Gasteiger charge is -2.34. The van der Waals surface area contributed by atoms with Crippen LogP contribution in [0.2, 0.25) is 0 Å². The van der Waals surface area contributed by atoms with Crippen LogP contribution in [0.25, 0.3) is 11.3 Å². The lowest BCUT2D eigenvalue weighted by Crippen LogP contribution is -2.41. The van der Waals surface area contributed by atoms with Crippen molar-refractivity contribution in [3.63, 3.8) is 0 Å². The molecule has 40 heavy (non-hydrogen) atoms. The minimum atomic E-state index is -0.667. The molecule has 0 atom stereocenters. The van der Waals surface area contributed by atoms with Gasteiger partial charge >= 0.3 is 6.09 Å². The molecule has 2 aliphatic rings. The lowest BCUT2D eigenvalue weighted by molar-refractivity contribution is 0.0204. The number of benzene rings is 1. The molecule has 5 rings (SSSR count). The molecule has 0 spiro atoms. The molecule has 0 unspecified atom stereocenters. The summed E-state index contributed by atoms with van der Waals surface area (Å²) in [6.07, 6.45) is 2.26. The number of rotatable bonds is 5. The number of likely N-dealkylation sites (tertiary alicyclic amines) is 1. The molecule has 4 heterocycles. The Labute approximate surface area is 232 Å². The molecule has 1 aromatic carbocycles. The van der Waals surface area contributed by atoms with Gasteiger partial charge in [0.25, 0.3) is 0 Å². The van der Waals surface area contributed by atoms with E-state index in [9.17, 15) is 13.6 Å². The van der Waals surface area contributed by atoms with Crippen LogP contribution in [0.3, 0.4) is 0 Å². The highest BCUT2D eigenvalue weighted by atomic mass is 19.1. The number of amides is 1. The fraction of sp³-hybridized carbons (Fsp3) is 0.500. The van der Waals surface area contributed by atoms with Crippen molar-refractivity contribution in [2.24, 2.45) is 0 Å². The third kappa shape index (κ3) is 5.95. The maximum absolute atomic E-state index is 15.0. The molecule has 10 nitrogen and oxygen atoms in total. The van der Waals surface area contributed by atoms with Crippen LogP contribution in [0.5, 0.6) is 5.75 Å². The zero-order chi connectivity index (χ0) is 28.6. The first-order chi connectivity index (χ1) is 19.0. The topological polar surface area (TPSA) is 109 Å². The van der Waals surface area contributed by atoms with Gasteiger partial charge in [-0.25, -0.2) is 23.5 Å². The average Bonchev–Trinajstić information content (AvgIpc) is 3.37. The molecule has 3 aromatic rings. The highest BCUT2D eigenvalue weighted by molar-refractivity contribution is 5.73. The smallest absolute Gasteiger partial charge is 0.410 e. The molecule has 0 bridgehead atoms. The van der Waals surface area contributed by atoms with Gasteiger partial charge in [0.05, 0.1) is 24.1 Å². The van der Waals surface area contributed by atoms with Crippen LogP contribution in [-0.2, 0) is 4.74 Å². The third-order valence-corrected chi connectivity index (χ3v) is 6.96. The van der Waals surface area contributed by atoms with E-state index in [0.29, 0.717) is 37.7 Å². The summed E-state index contributed by atoms with van der Waals surface area (Å²) in [6.45, 7) is 11.7. The summed E-state index contributed by atoms with van der Waals surface area (Å²) in [5.41, 5.74) is 1.15. The number of halogens is 2. The maximum Gasteiger partial charge on any atom is 0.410 e. The molecular formula is C28H35F2N7O3. The number of aromatic nitrogens is 4. The van der Waals surface area contributed by atoms with Crippen molar-refractivity contribution < 1.29 is 23.0 Å². The van der Waals surface area contributed by atoms with Crippen molar-refractivity contribution in [2.45, 2.75) is 65.0 Å². The Balaban J connectivity index is 1.29. The van der Waals surface area contributed by atoms with E-state index in [1.807, 2.05) is 45.6 Å². The Morgan fingerprint density at radius 1 is 1.15 bits per heavy atom. The Morgan fingerprint density at radius 2 is 1.90 bits per heavy atom. The van der Waals surface area contributed by atoms with E-state index >= 15 is 0 Å². The van der Waals surface area contributed by atoms with Crippen molar-refractivity contribution in [3.8, 4) is 17.0 Å². The first-order valence-corrected chi connectivity index (χ1v) is 13.5. The first-order valence-electron chi connectivity index (χ1n) is 13.5. The molecule has 12 heteroatoms. The van der Waals surface area contributed by atoms with Crippen molar-refractivity contribution in [3.05, 3.63) is 41.7 Å². The fourth-order valence-electron chi connectivity index (χ4n) is 5.02. The molecule has 2 aromatic heterocycles. The van der Waals surface area contributed by atoms with Crippen LogP contribution in [0.1, 0.15) is 59.1 Å². The van der Waals surface area contributed by atoms with Gasteiger partial charge in [-0.3, -0.25) is 5.10 Å². The minimum absolute atomic E-state index is 0.0252. The Kier molecular flexibility index (Phi) is 7.52. The van der Waals surface area contributed by atoms with Crippen LogP contribution < -0.4 is 15.0 Å². The van der Waals surface area contributed by atoms with Crippen molar-refractivity contribution in [1.29, 1.82) is 0 Å². The summed E-state index contributed by atoms with van der Waals surface area (Å²) in [4.78, 5) is 24.5. The number of carbonyl (C=O) groups is 1. The lowest BCUT2D eigenvalue weighted by atomic mass is 9.94. The Bertz CT molecular complexity index is 1380. The number of aromatic amines is 1. The first kappa shape index (κ1) is 27.6. The van der Waals surface area contributed by atoms with Gasteiger partial charge in [-0.1, -0.05) is 0 Å². The molecule has 0 saturated carbocycles. The highest BCUT2D eigenvalue weighted by Gasteiger charge is 2.29. The summed E-state index contributed by atoms with van der Waals surface area (Å²) in [5.74, 6) is -0.223. The van der Waals surface area contributed by atoms with E-state index in [-0.39, 0.29) is 41.0 Å². The molecule has 1 fully saturated rings. The van der Waals surface area contributed by atoms with E-state index in [1.54, 1.807) is 11.0 Å². The molecule has 2 N–H and O–H groups in total. The largest absolute Gasteiger partial charge is 0.486 e. The van der Waals surface area contributed by atoms with Gasteiger partial charge in [0.2, 0.25) is 5.95 Å². The number of nitrogens with one attached hydrogen (secondary N) is 2. The minimum Gasteiger partial charge on any atom is -0.486 e. The second-order valence-electron chi connectivity index (χ2n) is 11.4. The van der Waals surface area contributed by atoms with Gasteiger partial charge in [0.1, 0.15) is 23.7 Å². The van der Waals surface area contributed by atoms with Crippen molar-refractivity contribution in [1.82, 2.24) is 25.1 Å². The predicted octanol–water partition coefficient (Wildman–Crippen LogP) is 5.61. The fourth-order valence-corrected chi connectivity index (χ4v) is 5.02. The number of H-pyrrole nitrogens is 1. The molecule has 0 radical (unpaired) electrons. The molecule has 0 aliphatic carbocycles. The van der Waals surface area contributed by atoms with Crippen LogP contribution in [0.4, 0.5) is 31.0 Å². The predicted molar refractivity (Wildman–Crippen MR) is 147 cm³/mol.